The third-order valence-electron chi connectivity index (χ3n) is 6.73. The fraction of sp³-hybridized carbons (Fsp3) is 0.129. The minimum atomic E-state index is -0.685. The van der Waals surface area contributed by atoms with Gasteiger partial charge in [0.15, 0.2) is 4.80 Å². The molecule has 0 bridgehead atoms. The lowest BCUT2D eigenvalue weighted by molar-refractivity contribution is -0.138. The Morgan fingerprint density at radius 3 is 2.64 bits per heavy atom. The van der Waals surface area contributed by atoms with Crippen molar-refractivity contribution in [3.05, 3.63) is 131 Å². The summed E-state index contributed by atoms with van der Waals surface area (Å²) in [5, 5.41) is 1.00. The van der Waals surface area contributed by atoms with Crippen molar-refractivity contribution in [1.82, 2.24) is 9.55 Å². The summed E-state index contributed by atoms with van der Waals surface area (Å²) in [5.41, 5.74) is 5.23. The first-order valence-corrected chi connectivity index (χ1v) is 14.2. The van der Waals surface area contributed by atoms with Crippen LogP contribution in [0.4, 0.5) is 0 Å². The lowest BCUT2D eigenvalue weighted by atomic mass is 9.92. The van der Waals surface area contributed by atoms with Crippen LogP contribution in [0.25, 0.3) is 22.7 Å². The average molecular weight is 599 g/mol. The number of rotatable bonds is 5. The third-order valence-corrected chi connectivity index (χ3v) is 8.21. The Morgan fingerprint density at radius 1 is 1.13 bits per heavy atom. The molecule has 194 valence electrons. The Labute approximate surface area is 236 Å². The Balaban J connectivity index is 1.65. The highest BCUT2D eigenvalue weighted by atomic mass is 79.9. The van der Waals surface area contributed by atoms with Crippen LogP contribution < -0.4 is 14.9 Å². The summed E-state index contributed by atoms with van der Waals surface area (Å²) in [6.45, 7) is 3.99. The van der Waals surface area contributed by atoms with Crippen LogP contribution in [-0.2, 0) is 9.53 Å². The summed E-state index contributed by atoms with van der Waals surface area (Å²) in [5.74, 6) is -0.485. The highest BCUT2D eigenvalue weighted by Gasteiger charge is 2.35. The molecule has 0 fully saturated rings. The molecule has 1 N–H and O–H groups in total. The zero-order valence-electron chi connectivity index (χ0n) is 21.3. The molecule has 5 aromatic rings. The van der Waals surface area contributed by atoms with Crippen molar-refractivity contribution in [3.8, 4) is 0 Å². The summed E-state index contributed by atoms with van der Waals surface area (Å²) in [6.07, 6.45) is 3.78. The summed E-state index contributed by atoms with van der Waals surface area (Å²) >= 11 is 4.86. The maximum Gasteiger partial charge on any atom is 0.338 e. The molecule has 2 aromatic heterocycles. The second kappa shape index (κ2) is 10.3. The van der Waals surface area contributed by atoms with Crippen LogP contribution in [0.2, 0.25) is 0 Å². The average Bonchev–Trinajstić information content (AvgIpc) is 3.48. The lowest BCUT2D eigenvalue weighted by Crippen LogP contribution is -2.40. The molecule has 0 amide bonds. The van der Waals surface area contributed by atoms with Gasteiger partial charge < -0.3 is 9.72 Å². The van der Waals surface area contributed by atoms with E-state index in [-0.39, 0.29) is 12.2 Å². The van der Waals surface area contributed by atoms with Gasteiger partial charge in [0.25, 0.3) is 5.56 Å². The number of hydrogen-bond donors (Lipinski definition) is 1. The molecule has 6 nitrogen and oxygen atoms in total. The van der Waals surface area contributed by atoms with Crippen LogP contribution >= 0.6 is 27.3 Å². The second-order valence-electron chi connectivity index (χ2n) is 9.28. The number of benzene rings is 3. The van der Waals surface area contributed by atoms with Gasteiger partial charge in [-0.25, -0.2) is 9.79 Å². The number of H-pyrrole nitrogens is 1. The van der Waals surface area contributed by atoms with Gasteiger partial charge >= 0.3 is 5.97 Å². The zero-order chi connectivity index (χ0) is 27.1. The topological polar surface area (TPSA) is 76.4 Å². The minimum Gasteiger partial charge on any atom is -0.463 e. The van der Waals surface area contributed by atoms with E-state index >= 15 is 0 Å². The summed E-state index contributed by atoms with van der Waals surface area (Å²) in [4.78, 5) is 36.3. The van der Waals surface area contributed by atoms with Gasteiger partial charge in [-0.3, -0.25) is 9.36 Å². The Bertz CT molecular complexity index is 1930. The number of aromatic amines is 1. The Hall–Kier alpha value is -4.01. The number of aryl methyl sites for hydroxylation is 1. The molecule has 39 heavy (non-hydrogen) atoms. The number of esters is 1. The SMILES string of the molecule is CCOC(=O)C1=C(c2ccccc2)N=c2s/c(=C\c3c[nH]c4ccc(Br)cc34)c(=O)n2C1c1ccc(C)cc1. The number of fused-ring (bicyclic) bond motifs is 2. The number of halogens is 1. The number of carbonyl (C=O) groups is 1. The molecule has 1 aliphatic rings. The third kappa shape index (κ3) is 4.60. The number of ether oxygens (including phenoxy) is 1. The van der Waals surface area contributed by atoms with Crippen LogP contribution in [0.5, 0.6) is 0 Å². The van der Waals surface area contributed by atoms with Crippen LogP contribution in [0.1, 0.15) is 35.2 Å². The fourth-order valence-electron chi connectivity index (χ4n) is 4.88. The van der Waals surface area contributed by atoms with Crippen LogP contribution in [-0.4, -0.2) is 22.1 Å². The molecule has 0 spiro atoms. The van der Waals surface area contributed by atoms with E-state index in [1.165, 1.54) is 11.3 Å². The van der Waals surface area contributed by atoms with Gasteiger partial charge in [-0.2, -0.15) is 0 Å². The molecule has 8 heteroatoms. The van der Waals surface area contributed by atoms with Crippen molar-refractivity contribution in [2.45, 2.75) is 19.9 Å². The van der Waals surface area contributed by atoms with Crippen LogP contribution in [0.15, 0.2) is 98.8 Å². The zero-order valence-corrected chi connectivity index (χ0v) is 23.7. The van der Waals surface area contributed by atoms with E-state index in [9.17, 15) is 9.59 Å². The van der Waals surface area contributed by atoms with Crippen molar-refractivity contribution in [3.63, 3.8) is 0 Å². The monoisotopic (exact) mass is 597 g/mol. The highest BCUT2D eigenvalue weighted by molar-refractivity contribution is 9.10. The van der Waals surface area contributed by atoms with Crippen LogP contribution in [0.3, 0.4) is 0 Å². The number of aromatic nitrogens is 2. The summed E-state index contributed by atoms with van der Waals surface area (Å²) < 4.78 is 8.65. The van der Waals surface area contributed by atoms with Crippen molar-refractivity contribution in [2.75, 3.05) is 6.61 Å². The largest absolute Gasteiger partial charge is 0.463 e. The number of thiazole rings is 1. The first kappa shape index (κ1) is 25.3. The molecule has 3 aromatic carbocycles. The summed E-state index contributed by atoms with van der Waals surface area (Å²) in [6, 6.07) is 22.8. The van der Waals surface area contributed by atoms with E-state index < -0.39 is 12.0 Å². The molecule has 1 atom stereocenters. The molecular weight excluding hydrogens is 574 g/mol. The normalized spacial score (nSPS) is 15.4. The van der Waals surface area contributed by atoms with Gasteiger partial charge in [0.1, 0.15) is 0 Å². The van der Waals surface area contributed by atoms with E-state index in [0.29, 0.717) is 20.6 Å². The molecule has 0 saturated heterocycles. The Morgan fingerprint density at radius 2 is 1.90 bits per heavy atom. The van der Waals surface area contributed by atoms with E-state index in [4.69, 9.17) is 9.73 Å². The standard InChI is InChI=1S/C31H24BrN3O3S/c1-3-38-30(37)26-27(19-7-5-4-6-8-19)34-31-35(28(26)20-11-9-18(2)10-12-20)29(36)25(39-31)15-21-17-33-24-14-13-22(32)16-23(21)24/h4-17,28,33H,3H2,1-2H3/b25-15-. The predicted molar refractivity (Wildman–Crippen MR) is 158 cm³/mol. The second-order valence-corrected chi connectivity index (χ2v) is 11.2. The minimum absolute atomic E-state index is 0.206. The molecule has 6 rings (SSSR count). The molecule has 0 saturated carbocycles. The van der Waals surface area contributed by atoms with Gasteiger partial charge in [-0.15, -0.1) is 0 Å². The van der Waals surface area contributed by atoms with Gasteiger partial charge in [0.2, 0.25) is 0 Å². The molecule has 1 unspecified atom stereocenters. The molecule has 1 aliphatic heterocycles. The number of carbonyl (C=O) groups excluding carboxylic acids is 1. The first-order chi connectivity index (χ1) is 18.9. The predicted octanol–water partition coefficient (Wildman–Crippen LogP) is 5.49. The van der Waals surface area contributed by atoms with Crippen LogP contribution in [0, 0.1) is 6.92 Å². The summed E-state index contributed by atoms with van der Waals surface area (Å²) in [7, 11) is 0. The number of nitrogens with one attached hydrogen (secondary N) is 1. The van der Waals surface area contributed by atoms with E-state index in [1.807, 2.05) is 92.0 Å². The molecular formula is C31H24BrN3O3S. The molecule has 3 heterocycles. The van der Waals surface area contributed by atoms with E-state index in [0.717, 1.165) is 37.6 Å². The van der Waals surface area contributed by atoms with Crippen molar-refractivity contribution in [1.29, 1.82) is 0 Å². The highest BCUT2D eigenvalue weighted by Crippen LogP contribution is 2.35. The first-order valence-electron chi connectivity index (χ1n) is 12.6. The maximum atomic E-state index is 14.1. The quantitative estimate of drug-likeness (QED) is 0.272. The molecule has 0 radical (unpaired) electrons. The number of nitrogens with zero attached hydrogens (tertiary/aromatic N) is 2. The van der Waals surface area contributed by atoms with Gasteiger partial charge in [-0.05, 0) is 43.7 Å². The fourth-order valence-corrected chi connectivity index (χ4v) is 6.23. The van der Waals surface area contributed by atoms with Crippen molar-refractivity contribution >= 4 is 55.9 Å². The molecule has 0 aliphatic carbocycles. The van der Waals surface area contributed by atoms with Gasteiger partial charge in [0.05, 0.1) is 28.5 Å². The Kier molecular flexibility index (Phi) is 6.66. The van der Waals surface area contributed by atoms with E-state index in [2.05, 4.69) is 20.9 Å². The maximum absolute atomic E-state index is 14.1. The van der Waals surface area contributed by atoms with Crippen molar-refractivity contribution < 1.29 is 9.53 Å². The lowest BCUT2D eigenvalue weighted by Gasteiger charge is -2.26. The number of hydrogen-bond acceptors (Lipinski definition) is 5. The smallest absolute Gasteiger partial charge is 0.338 e. The van der Waals surface area contributed by atoms with Crippen molar-refractivity contribution in [2.24, 2.45) is 4.99 Å². The van der Waals surface area contributed by atoms with Gasteiger partial charge in [-0.1, -0.05) is 87.4 Å². The van der Waals surface area contributed by atoms with E-state index in [1.54, 1.807) is 11.5 Å². The van der Waals surface area contributed by atoms with Gasteiger partial charge in [0, 0.05) is 32.7 Å².